The maximum absolute atomic E-state index is 14.0. The molecule has 0 radical (unpaired) electrons. The first-order valence-electron chi connectivity index (χ1n) is 7.07. The highest BCUT2D eigenvalue weighted by Crippen LogP contribution is 2.20. The van der Waals surface area contributed by atoms with Crippen LogP contribution in [0.2, 0.25) is 0 Å². The van der Waals surface area contributed by atoms with Crippen LogP contribution in [0.5, 0.6) is 0 Å². The zero-order valence-electron chi connectivity index (χ0n) is 13.1. The van der Waals surface area contributed by atoms with Crippen LogP contribution < -0.4 is 9.62 Å². The molecule has 0 fully saturated rings. The molecule has 1 unspecified atom stereocenters. The molecule has 0 saturated carbocycles. The summed E-state index contributed by atoms with van der Waals surface area (Å²) in [6.45, 7) is 0.130. The number of carbonyl (C=O) groups excluding carboxylic acids is 1. The predicted molar refractivity (Wildman–Crippen MR) is 98.4 cm³/mol. The SMILES string of the molecule is CN(c1ccc(CNC(=O)C=Cc2ccc(Br)nc2)cc1F)S(=O)O. The van der Waals surface area contributed by atoms with Gasteiger partial charge < -0.3 is 5.32 Å². The van der Waals surface area contributed by atoms with Gasteiger partial charge in [-0.15, -0.1) is 0 Å². The number of amides is 1. The minimum atomic E-state index is -2.31. The van der Waals surface area contributed by atoms with Crippen molar-refractivity contribution in [1.82, 2.24) is 10.3 Å². The van der Waals surface area contributed by atoms with Crippen molar-refractivity contribution >= 4 is 44.9 Å². The second-order valence-electron chi connectivity index (χ2n) is 4.98. The molecule has 2 aromatic rings. The summed E-state index contributed by atoms with van der Waals surface area (Å²) in [6, 6.07) is 7.73. The van der Waals surface area contributed by atoms with Gasteiger partial charge in [-0.05, 0) is 51.3 Å². The molecule has 9 heteroatoms. The van der Waals surface area contributed by atoms with Crippen molar-refractivity contribution < 1.29 is 17.9 Å². The van der Waals surface area contributed by atoms with Gasteiger partial charge >= 0.3 is 0 Å². The van der Waals surface area contributed by atoms with Crippen molar-refractivity contribution in [1.29, 1.82) is 0 Å². The number of anilines is 1. The van der Waals surface area contributed by atoms with E-state index < -0.39 is 17.1 Å². The number of nitrogens with one attached hydrogen (secondary N) is 1. The Morgan fingerprint density at radius 3 is 2.80 bits per heavy atom. The Hall–Kier alpha value is -2.10. The van der Waals surface area contributed by atoms with Crippen molar-refractivity contribution in [2.24, 2.45) is 0 Å². The van der Waals surface area contributed by atoms with Gasteiger partial charge in [0.2, 0.25) is 5.91 Å². The van der Waals surface area contributed by atoms with Crippen molar-refractivity contribution in [2.45, 2.75) is 6.54 Å². The van der Waals surface area contributed by atoms with Crippen LogP contribution in [0, 0.1) is 5.82 Å². The molecule has 6 nitrogen and oxygen atoms in total. The predicted octanol–water partition coefficient (Wildman–Crippen LogP) is 2.89. The Labute approximate surface area is 155 Å². The molecule has 1 aromatic heterocycles. The first-order chi connectivity index (χ1) is 11.9. The van der Waals surface area contributed by atoms with Gasteiger partial charge in [0.05, 0.1) is 5.69 Å². The van der Waals surface area contributed by atoms with Gasteiger partial charge in [-0.3, -0.25) is 13.7 Å². The van der Waals surface area contributed by atoms with Gasteiger partial charge in [-0.2, -0.15) is 0 Å². The Morgan fingerprint density at radius 2 is 2.20 bits per heavy atom. The molecule has 2 N–H and O–H groups in total. The minimum Gasteiger partial charge on any atom is -0.348 e. The van der Waals surface area contributed by atoms with Crippen LogP contribution in [0.15, 0.2) is 47.2 Å². The van der Waals surface area contributed by atoms with E-state index in [2.05, 4.69) is 26.2 Å². The summed E-state index contributed by atoms with van der Waals surface area (Å²) in [6.07, 6.45) is 4.59. The Morgan fingerprint density at radius 1 is 1.44 bits per heavy atom. The first kappa shape index (κ1) is 19.2. The minimum absolute atomic E-state index is 0.00135. The van der Waals surface area contributed by atoms with Gasteiger partial charge in [0.15, 0.2) is 0 Å². The number of nitrogens with zero attached hydrogens (tertiary/aromatic N) is 2. The van der Waals surface area contributed by atoms with Crippen molar-refractivity contribution in [3.63, 3.8) is 0 Å². The molecule has 1 amide bonds. The van der Waals surface area contributed by atoms with Gasteiger partial charge in [0.1, 0.15) is 10.4 Å². The molecule has 0 aliphatic heterocycles. The van der Waals surface area contributed by atoms with Crippen LogP contribution in [0.3, 0.4) is 0 Å². The fourth-order valence-corrected chi connectivity index (χ4v) is 2.46. The van der Waals surface area contributed by atoms with Crippen LogP contribution in [-0.2, 0) is 22.6 Å². The van der Waals surface area contributed by atoms with Crippen molar-refractivity contribution in [3.05, 3.63) is 64.2 Å². The van der Waals surface area contributed by atoms with Crippen molar-refractivity contribution in [3.8, 4) is 0 Å². The lowest BCUT2D eigenvalue weighted by Crippen LogP contribution is -2.22. The summed E-state index contributed by atoms with van der Waals surface area (Å²) in [5, 5.41) is 2.63. The highest BCUT2D eigenvalue weighted by Gasteiger charge is 2.12. The summed E-state index contributed by atoms with van der Waals surface area (Å²) in [5.41, 5.74) is 1.30. The topological polar surface area (TPSA) is 82.5 Å². The normalized spacial score (nSPS) is 12.2. The zero-order chi connectivity index (χ0) is 18.4. The Balaban J connectivity index is 1.94. The van der Waals surface area contributed by atoms with Gasteiger partial charge in [0.25, 0.3) is 11.3 Å². The fraction of sp³-hybridized carbons (Fsp3) is 0.125. The molecule has 1 aromatic carbocycles. The second kappa shape index (κ2) is 8.84. The molecule has 2 rings (SSSR count). The van der Waals surface area contributed by atoms with E-state index in [0.717, 1.165) is 9.87 Å². The van der Waals surface area contributed by atoms with E-state index in [0.29, 0.717) is 10.2 Å². The van der Waals surface area contributed by atoms with Crippen LogP contribution in [0.1, 0.15) is 11.1 Å². The number of pyridine rings is 1. The lowest BCUT2D eigenvalue weighted by Gasteiger charge is -2.15. The monoisotopic (exact) mass is 427 g/mol. The molecular weight excluding hydrogens is 413 g/mol. The van der Waals surface area contributed by atoms with E-state index in [9.17, 15) is 13.4 Å². The zero-order valence-corrected chi connectivity index (χ0v) is 15.6. The fourth-order valence-electron chi connectivity index (χ4n) is 1.91. The number of hydrogen-bond acceptors (Lipinski definition) is 3. The van der Waals surface area contributed by atoms with E-state index in [1.54, 1.807) is 30.5 Å². The van der Waals surface area contributed by atoms with Gasteiger partial charge in [0, 0.05) is 25.9 Å². The van der Waals surface area contributed by atoms with Gasteiger partial charge in [-0.25, -0.2) is 13.6 Å². The number of hydrogen-bond donors (Lipinski definition) is 2. The average Bonchev–Trinajstić information content (AvgIpc) is 2.59. The standard InChI is InChI=1S/C16H15BrFN3O3S/c1-21(25(23)24)14-5-2-12(8-13(14)18)10-20-16(22)7-4-11-3-6-15(17)19-9-11/h2-9H,10H2,1H3,(H,20,22)(H,23,24). The quantitative estimate of drug-likeness (QED) is 0.421. The summed E-state index contributed by atoms with van der Waals surface area (Å²) in [5.74, 6) is -0.978. The first-order valence-corrected chi connectivity index (χ1v) is 8.93. The Bertz CT molecular complexity index is 815. The molecule has 0 spiro atoms. The lowest BCUT2D eigenvalue weighted by molar-refractivity contribution is -0.116. The van der Waals surface area contributed by atoms with Crippen LogP contribution >= 0.6 is 15.9 Å². The molecule has 25 heavy (non-hydrogen) atoms. The molecule has 0 aliphatic carbocycles. The van der Waals surface area contributed by atoms with E-state index in [1.807, 2.05) is 0 Å². The molecule has 132 valence electrons. The van der Waals surface area contributed by atoms with E-state index >= 15 is 0 Å². The third kappa shape index (κ3) is 5.73. The summed E-state index contributed by atoms with van der Waals surface area (Å²) in [4.78, 5) is 15.8. The van der Waals surface area contributed by atoms with Crippen LogP contribution in [-0.4, -0.2) is 26.7 Å². The molecule has 1 heterocycles. The molecule has 0 aliphatic rings. The van der Waals surface area contributed by atoms with E-state index in [4.69, 9.17) is 4.55 Å². The largest absolute Gasteiger partial charge is 0.348 e. The molecular formula is C16H15BrFN3O3S. The third-order valence-corrected chi connectivity index (χ3v) is 4.36. The number of carbonyl (C=O) groups is 1. The molecule has 0 bridgehead atoms. The summed E-state index contributed by atoms with van der Waals surface area (Å²) < 4.78 is 35.5. The number of halogens is 2. The number of rotatable bonds is 6. The van der Waals surface area contributed by atoms with E-state index in [1.165, 1.54) is 25.3 Å². The maximum atomic E-state index is 14.0. The Kier molecular flexibility index (Phi) is 6.80. The number of aromatic nitrogens is 1. The molecule has 1 atom stereocenters. The average molecular weight is 428 g/mol. The summed E-state index contributed by atoms with van der Waals surface area (Å²) in [7, 11) is 1.30. The number of benzene rings is 1. The lowest BCUT2D eigenvalue weighted by atomic mass is 10.2. The van der Waals surface area contributed by atoms with Gasteiger partial charge in [-0.1, -0.05) is 12.1 Å². The summed E-state index contributed by atoms with van der Waals surface area (Å²) >= 11 is 0.920. The van der Waals surface area contributed by atoms with Crippen LogP contribution in [0.4, 0.5) is 10.1 Å². The second-order valence-corrected chi connectivity index (χ2v) is 6.80. The molecule has 0 saturated heterocycles. The van der Waals surface area contributed by atoms with Crippen molar-refractivity contribution in [2.75, 3.05) is 11.4 Å². The van der Waals surface area contributed by atoms with Crippen LogP contribution in [0.25, 0.3) is 6.08 Å². The maximum Gasteiger partial charge on any atom is 0.261 e. The third-order valence-electron chi connectivity index (χ3n) is 3.23. The highest BCUT2D eigenvalue weighted by molar-refractivity contribution is 9.10. The highest BCUT2D eigenvalue weighted by atomic mass is 79.9. The smallest absolute Gasteiger partial charge is 0.261 e. The van der Waals surface area contributed by atoms with E-state index in [-0.39, 0.29) is 18.1 Å².